The van der Waals surface area contributed by atoms with Gasteiger partial charge in [0.15, 0.2) is 5.82 Å². The van der Waals surface area contributed by atoms with E-state index in [-0.39, 0.29) is 37.0 Å². The highest BCUT2D eigenvalue weighted by Gasteiger charge is 2.50. The maximum Gasteiger partial charge on any atom is 0.417 e. The van der Waals surface area contributed by atoms with Crippen LogP contribution in [0.5, 0.6) is 5.88 Å². The number of nitrogens with zero attached hydrogens (tertiary/aromatic N) is 3. The number of halogens is 4. The second-order valence-corrected chi connectivity index (χ2v) is 7.14. The van der Waals surface area contributed by atoms with Gasteiger partial charge in [-0.15, -0.1) is 0 Å². The molecule has 11 heteroatoms. The predicted octanol–water partition coefficient (Wildman–Crippen LogP) is 3.07. The second kappa shape index (κ2) is 8.45. The Morgan fingerprint density at radius 1 is 1.40 bits per heavy atom. The Morgan fingerprint density at radius 3 is 2.73 bits per heavy atom. The van der Waals surface area contributed by atoms with E-state index in [0.717, 1.165) is 12.1 Å². The average Bonchev–Trinajstić information content (AvgIpc) is 3.51. The summed E-state index contributed by atoms with van der Waals surface area (Å²) < 4.78 is 44.9. The minimum absolute atomic E-state index is 0.00311. The molecule has 7 nitrogen and oxygen atoms in total. The fourth-order valence-electron chi connectivity index (χ4n) is 2.67. The summed E-state index contributed by atoms with van der Waals surface area (Å²) in [5.41, 5.74) is 3.96. The quantitative estimate of drug-likeness (QED) is 0.685. The van der Waals surface area contributed by atoms with Crippen molar-refractivity contribution in [2.75, 3.05) is 13.2 Å². The standard InChI is InChI=1S/C19H17ClF3N5O2/c20-14-2-1-11(7-13(14)19(21,22)23)15-26-8-12(16(28-15)30-6-5-24)9-27-17(29)18(10-25)3-4-18/h1-2,7-8H,3-6,9,24H2,(H,27,29). The molecule has 158 valence electrons. The summed E-state index contributed by atoms with van der Waals surface area (Å²) >= 11 is 5.66. The largest absolute Gasteiger partial charge is 0.476 e. The van der Waals surface area contributed by atoms with Crippen LogP contribution in [0.15, 0.2) is 24.4 Å². The second-order valence-electron chi connectivity index (χ2n) is 6.73. The van der Waals surface area contributed by atoms with Gasteiger partial charge in [-0.1, -0.05) is 11.6 Å². The smallest absolute Gasteiger partial charge is 0.417 e. The number of carbonyl (C=O) groups is 1. The Hall–Kier alpha value is -2.90. The van der Waals surface area contributed by atoms with Crippen LogP contribution in [0.25, 0.3) is 11.4 Å². The fourth-order valence-corrected chi connectivity index (χ4v) is 2.90. The molecule has 1 fully saturated rings. The van der Waals surface area contributed by atoms with Crippen molar-refractivity contribution < 1.29 is 22.7 Å². The van der Waals surface area contributed by atoms with Crippen molar-refractivity contribution in [1.29, 1.82) is 5.26 Å². The molecule has 3 rings (SSSR count). The molecular formula is C19H17ClF3N5O2. The zero-order valence-electron chi connectivity index (χ0n) is 15.6. The Balaban J connectivity index is 1.87. The lowest BCUT2D eigenvalue weighted by molar-refractivity contribution is -0.137. The summed E-state index contributed by atoms with van der Waals surface area (Å²) in [6.45, 7) is 0.284. The number of aromatic nitrogens is 2. The van der Waals surface area contributed by atoms with Crippen LogP contribution >= 0.6 is 11.6 Å². The van der Waals surface area contributed by atoms with Crippen LogP contribution < -0.4 is 15.8 Å². The van der Waals surface area contributed by atoms with E-state index in [0.29, 0.717) is 18.4 Å². The molecule has 0 spiro atoms. The van der Waals surface area contributed by atoms with Crippen molar-refractivity contribution in [3.05, 3.63) is 40.5 Å². The van der Waals surface area contributed by atoms with Crippen molar-refractivity contribution in [3.63, 3.8) is 0 Å². The third kappa shape index (κ3) is 4.63. The molecule has 2 aromatic rings. The van der Waals surface area contributed by atoms with E-state index in [9.17, 15) is 18.0 Å². The summed E-state index contributed by atoms with van der Waals surface area (Å²) in [7, 11) is 0. The number of ether oxygens (including phenoxy) is 1. The van der Waals surface area contributed by atoms with E-state index in [1.165, 1.54) is 12.3 Å². The normalized spacial score (nSPS) is 14.7. The third-order valence-electron chi connectivity index (χ3n) is 4.55. The topological polar surface area (TPSA) is 114 Å². The number of nitrogens with one attached hydrogen (secondary N) is 1. The minimum atomic E-state index is -4.63. The molecular weight excluding hydrogens is 423 g/mol. The van der Waals surface area contributed by atoms with Gasteiger partial charge in [0.1, 0.15) is 12.0 Å². The van der Waals surface area contributed by atoms with E-state index in [2.05, 4.69) is 15.3 Å². The highest BCUT2D eigenvalue weighted by atomic mass is 35.5. The first-order chi connectivity index (χ1) is 14.2. The molecule has 0 unspecified atom stereocenters. The van der Waals surface area contributed by atoms with Crippen molar-refractivity contribution in [3.8, 4) is 23.3 Å². The number of hydrogen-bond donors (Lipinski definition) is 2. The summed E-state index contributed by atoms with van der Waals surface area (Å²) in [5.74, 6) is -0.322. The van der Waals surface area contributed by atoms with Crippen molar-refractivity contribution in [2.45, 2.75) is 25.6 Å². The van der Waals surface area contributed by atoms with Crippen molar-refractivity contribution in [1.82, 2.24) is 15.3 Å². The molecule has 0 saturated heterocycles. The molecule has 0 atom stereocenters. The lowest BCUT2D eigenvalue weighted by Gasteiger charge is -2.14. The minimum Gasteiger partial charge on any atom is -0.476 e. The number of carbonyl (C=O) groups excluding carboxylic acids is 1. The molecule has 1 saturated carbocycles. The zero-order valence-corrected chi connectivity index (χ0v) is 16.3. The summed E-state index contributed by atoms with van der Waals surface area (Å²) in [4.78, 5) is 20.4. The summed E-state index contributed by atoms with van der Waals surface area (Å²) in [5, 5.41) is 11.3. The predicted molar refractivity (Wildman–Crippen MR) is 101 cm³/mol. The Kier molecular flexibility index (Phi) is 6.14. The van der Waals surface area contributed by atoms with Gasteiger partial charge in [-0.2, -0.15) is 23.4 Å². The molecule has 0 aliphatic heterocycles. The highest BCUT2D eigenvalue weighted by Crippen LogP contribution is 2.45. The Morgan fingerprint density at radius 2 is 2.13 bits per heavy atom. The van der Waals surface area contributed by atoms with E-state index >= 15 is 0 Å². The molecule has 30 heavy (non-hydrogen) atoms. The van der Waals surface area contributed by atoms with Gasteiger partial charge in [0.25, 0.3) is 0 Å². The fraction of sp³-hybridized carbons (Fsp3) is 0.368. The van der Waals surface area contributed by atoms with Crippen LogP contribution in [0.3, 0.4) is 0 Å². The lowest BCUT2D eigenvalue weighted by atomic mass is 10.1. The van der Waals surface area contributed by atoms with Gasteiger partial charge in [0.2, 0.25) is 11.8 Å². The van der Waals surface area contributed by atoms with E-state index in [1.807, 2.05) is 6.07 Å². The van der Waals surface area contributed by atoms with E-state index < -0.39 is 28.1 Å². The number of benzene rings is 1. The van der Waals surface area contributed by atoms with Gasteiger partial charge in [-0.05, 0) is 31.0 Å². The van der Waals surface area contributed by atoms with Crippen LogP contribution in [0, 0.1) is 16.7 Å². The molecule has 3 N–H and O–H groups in total. The summed E-state index contributed by atoms with van der Waals surface area (Å²) in [6, 6.07) is 5.34. The number of nitriles is 1. The highest BCUT2D eigenvalue weighted by molar-refractivity contribution is 6.31. The number of nitrogens with two attached hydrogens (primary N) is 1. The number of rotatable bonds is 7. The molecule has 1 heterocycles. The van der Waals surface area contributed by atoms with Crippen LogP contribution in [-0.4, -0.2) is 29.0 Å². The first kappa shape index (κ1) is 21.8. The molecule has 0 bridgehead atoms. The maximum absolute atomic E-state index is 13.1. The van der Waals surface area contributed by atoms with E-state index in [1.54, 1.807) is 0 Å². The number of hydrogen-bond acceptors (Lipinski definition) is 6. The molecule has 1 aliphatic carbocycles. The van der Waals surface area contributed by atoms with Gasteiger partial charge in [0, 0.05) is 24.8 Å². The van der Waals surface area contributed by atoms with Gasteiger partial charge in [0.05, 0.1) is 22.2 Å². The van der Waals surface area contributed by atoms with Crippen LogP contribution in [0.1, 0.15) is 24.0 Å². The van der Waals surface area contributed by atoms with Crippen molar-refractivity contribution >= 4 is 17.5 Å². The maximum atomic E-state index is 13.1. The van der Waals surface area contributed by atoms with Crippen LogP contribution in [0.2, 0.25) is 5.02 Å². The van der Waals surface area contributed by atoms with Crippen molar-refractivity contribution in [2.24, 2.45) is 11.1 Å². The van der Waals surface area contributed by atoms with E-state index in [4.69, 9.17) is 27.3 Å². The summed E-state index contributed by atoms with van der Waals surface area (Å²) in [6.07, 6.45) is -2.28. The Bertz CT molecular complexity index is 1000. The molecule has 0 radical (unpaired) electrons. The molecule has 1 aliphatic rings. The lowest BCUT2D eigenvalue weighted by Crippen LogP contribution is -2.31. The Labute approximate surface area is 175 Å². The van der Waals surface area contributed by atoms with Crippen LogP contribution in [-0.2, 0) is 17.5 Å². The molecule has 1 amide bonds. The molecule has 1 aromatic carbocycles. The van der Waals surface area contributed by atoms with Gasteiger partial charge in [-0.25, -0.2) is 4.98 Å². The van der Waals surface area contributed by atoms with Gasteiger partial charge >= 0.3 is 6.18 Å². The average molecular weight is 440 g/mol. The monoisotopic (exact) mass is 439 g/mol. The first-order valence-electron chi connectivity index (χ1n) is 8.95. The molecule has 1 aromatic heterocycles. The van der Waals surface area contributed by atoms with Gasteiger partial charge < -0.3 is 15.8 Å². The SMILES string of the molecule is N#CC1(C(=O)NCc2cnc(-c3ccc(Cl)c(C(F)(F)F)c3)nc2OCCN)CC1. The third-order valence-corrected chi connectivity index (χ3v) is 4.88. The zero-order chi connectivity index (χ0) is 21.9. The number of amides is 1. The first-order valence-corrected chi connectivity index (χ1v) is 9.33. The number of alkyl halides is 3. The van der Waals surface area contributed by atoms with Gasteiger partial charge in [-0.3, -0.25) is 4.79 Å². The van der Waals surface area contributed by atoms with Crippen LogP contribution in [0.4, 0.5) is 13.2 Å².